The molecule has 21 heavy (non-hydrogen) atoms. The molecular formula is C14H16N4O2S. The van der Waals surface area contributed by atoms with Crippen LogP contribution in [0.1, 0.15) is 22.5 Å². The van der Waals surface area contributed by atoms with Gasteiger partial charge in [-0.15, -0.1) is 11.3 Å². The van der Waals surface area contributed by atoms with Crippen molar-refractivity contribution in [3.05, 3.63) is 23.2 Å². The lowest BCUT2D eigenvalue weighted by molar-refractivity contribution is -0.121. The lowest BCUT2D eigenvalue weighted by Gasteiger charge is -2.16. The minimum absolute atomic E-state index is 0.0381. The van der Waals surface area contributed by atoms with Gasteiger partial charge in [0.05, 0.1) is 12.2 Å². The Morgan fingerprint density at radius 3 is 2.95 bits per heavy atom. The number of pyridine rings is 1. The first-order chi connectivity index (χ1) is 10.1. The highest BCUT2D eigenvalue weighted by Crippen LogP contribution is 2.32. The van der Waals surface area contributed by atoms with Crippen molar-refractivity contribution in [1.82, 2.24) is 15.2 Å². The van der Waals surface area contributed by atoms with Gasteiger partial charge in [-0.3, -0.25) is 9.59 Å². The second-order valence-electron chi connectivity index (χ2n) is 5.20. The second kappa shape index (κ2) is 5.33. The third-order valence-electron chi connectivity index (χ3n) is 3.37. The van der Waals surface area contributed by atoms with Gasteiger partial charge in [-0.05, 0) is 25.0 Å². The van der Waals surface area contributed by atoms with Crippen LogP contribution in [0.15, 0.2) is 18.3 Å². The van der Waals surface area contributed by atoms with Gasteiger partial charge in [-0.2, -0.15) is 0 Å². The molecule has 2 heterocycles. The Labute approximate surface area is 125 Å². The number of carbonyl (C=O) groups is 2. The third-order valence-corrected chi connectivity index (χ3v) is 4.49. The van der Waals surface area contributed by atoms with Crippen LogP contribution >= 0.6 is 11.3 Å². The summed E-state index contributed by atoms with van der Waals surface area (Å²) in [5.41, 5.74) is 6.45. The Bertz CT molecular complexity index is 708. The average molecular weight is 304 g/mol. The fourth-order valence-corrected chi connectivity index (χ4v) is 3.13. The van der Waals surface area contributed by atoms with E-state index in [1.54, 1.807) is 19.3 Å². The summed E-state index contributed by atoms with van der Waals surface area (Å²) in [6.07, 6.45) is 3.72. The standard InChI is InChI=1S/C14H16N4O2S/c1-18(7-10(19)17-8-4-5-8)14(20)12-11(15)9-3-2-6-16-13(9)21-12/h2-3,6,8H,4-5,7,15H2,1H3,(H,17,19). The van der Waals surface area contributed by atoms with Gasteiger partial charge >= 0.3 is 0 Å². The van der Waals surface area contributed by atoms with Crippen LogP contribution in [0.25, 0.3) is 10.2 Å². The summed E-state index contributed by atoms with van der Waals surface area (Å²) in [5.74, 6) is -0.382. The third kappa shape index (κ3) is 2.82. The topological polar surface area (TPSA) is 88.3 Å². The molecule has 7 heteroatoms. The first kappa shape index (κ1) is 13.8. The molecule has 2 amide bonds. The van der Waals surface area contributed by atoms with Gasteiger partial charge in [-0.1, -0.05) is 0 Å². The van der Waals surface area contributed by atoms with Crippen molar-refractivity contribution in [1.29, 1.82) is 0 Å². The van der Waals surface area contributed by atoms with Gasteiger partial charge < -0.3 is 16.0 Å². The van der Waals surface area contributed by atoms with Crippen LogP contribution in [0.3, 0.4) is 0 Å². The highest BCUT2D eigenvalue weighted by molar-refractivity contribution is 7.21. The molecule has 0 radical (unpaired) electrons. The summed E-state index contributed by atoms with van der Waals surface area (Å²) < 4.78 is 0. The number of anilines is 1. The number of nitrogens with two attached hydrogens (primary N) is 1. The van der Waals surface area contributed by atoms with Gasteiger partial charge in [0.15, 0.2) is 0 Å². The van der Waals surface area contributed by atoms with Crippen LogP contribution in [0.4, 0.5) is 5.69 Å². The molecule has 0 atom stereocenters. The molecular weight excluding hydrogens is 288 g/mol. The van der Waals surface area contributed by atoms with Crippen LogP contribution in [0, 0.1) is 0 Å². The number of amides is 2. The van der Waals surface area contributed by atoms with Crippen LogP contribution in [0.5, 0.6) is 0 Å². The van der Waals surface area contributed by atoms with Crippen LogP contribution in [-0.2, 0) is 4.79 Å². The van der Waals surface area contributed by atoms with Gasteiger partial charge in [0.1, 0.15) is 9.71 Å². The number of carbonyl (C=O) groups excluding carboxylic acids is 2. The average Bonchev–Trinajstić information content (AvgIpc) is 3.21. The molecule has 1 aliphatic rings. The highest BCUT2D eigenvalue weighted by atomic mass is 32.1. The highest BCUT2D eigenvalue weighted by Gasteiger charge is 2.26. The summed E-state index contributed by atoms with van der Waals surface area (Å²) in [7, 11) is 1.60. The number of nitrogen functional groups attached to an aromatic ring is 1. The number of nitrogens with zero attached hydrogens (tertiary/aromatic N) is 2. The zero-order valence-electron chi connectivity index (χ0n) is 11.6. The van der Waals surface area contributed by atoms with Crippen molar-refractivity contribution in [2.24, 2.45) is 0 Å². The van der Waals surface area contributed by atoms with E-state index in [0.29, 0.717) is 16.6 Å². The number of aromatic nitrogens is 1. The molecule has 2 aromatic heterocycles. The molecule has 0 spiro atoms. The van der Waals surface area contributed by atoms with E-state index >= 15 is 0 Å². The number of fused-ring (bicyclic) bond motifs is 1. The zero-order valence-corrected chi connectivity index (χ0v) is 12.4. The largest absolute Gasteiger partial charge is 0.397 e. The Balaban J connectivity index is 1.75. The predicted octanol–water partition coefficient (Wildman–Crippen LogP) is 1.23. The number of thiophene rings is 1. The van der Waals surface area contributed by atoms with Crippen LogP contribution in [-0.4, -0.2) is 41.3 Å². The van der Waals surface area contributed by atoms with Gasteiger partial charge in [0, 0.05) is 24.7 Å². The van der Waals surface area contributed by atoms with Crippen molar-refractivity contribution in [2.75, 3.05) is 19.3 Å². The fourth-order valence-electron chi connectivity index (χ4n) is 2.07. The minimum atomic E-state index is -0.249. The maximum atomic E-state index is 12.4. The van der Waals surface area contributed by atoms with Gasteiger partial charge in [0.2, 0.25) is 5.91 Å². The number of hydrogen-bond acceptors (Lipinski definition) is 5. The molecule has 0 unspecified atom stereocenters. The van der Waals surface area contributed by atoms with Crippen molar-refractivity contribution < 1.29 is 9.59 Å². The Morgan fingerprint density at radius 1 is 1.52 bits per heavy atom. The van der Waals surface area contributed by atoms with E-state index in [2.05, 4.69) is 10.3 Å². The van der Waals surface area contributed by atoms with E-state index in [-0.39, 0.29) is 18.4 Å². The van der Waals surface area contributed by atoms with E-state index in [0.717, 1.165) is 23.1 Å². The van der Waals surface area contributed by atoms with Crippen LogP contribution in [0.2, 0.25) is 0 Å². The molecule has 0 bridgehead atoms. The summed E-state index contributed by atoms with van der Waals surface area (Å²) >= 11 is 1.25. The summed E-state index contributed by atoms with van der Waals surface area (Å²) in [6, 6.07) is 3.91. The summed E-state index contributed by atoms with van der Waals surface area (Å²) in [4.78, 5) is 30.9. The van der Waals surface area contributed by atoms with Crippen molar-refractivity contribution in [3.8, 4) is 0 Å². The molecule has 110 valence electrons. The van der Waals surface area contributed by atoms with Crippen molar-refractivity contribution in [2.45, 2.75) is 18.9 Å². The van der Waals surface area contributed by atoms with E-state index in [4.69, 9.17) is 5.73 Å². The predicted molar refractivity (Wildman–Crippen MR) is 82.2 cm³/mol. The number of likely N-dealkylation sites (N-methyl/N-ethyl adjacent to an activating group) is 1. The molecule has 0 aliphatic heterocycles. The normalized spacial score (nSPS) is 14.1. The first-order valence-corrected chi connectivity index (χ1v) is 7.55. The monoisotopic (exact) mass is 304 g/mol. The van der Waals surface area contributed by atoms with Crippen LogP contribution < -0.4 is 11.1 Å². The second-order valence-corrected chi connectivity index (χ2v) is 6.20. The molecule has 1 fully saturated rings. The molecule has 0 saturated heterocycles. The first-order valence-electron chi connectivity index (χ1n) is 6.74. The Hall–Kier alpha value is -2.15. The van der Waals surface area contributed by atoms with Crippen molar-refractivity contribution in [3.63, 3.8) is 0 Å². The summed E-state index contributed by atoms with van der Waals surface area (Å²) in [5, 5.41) is 3.64. The molecule has 3 rings (SSSR count). The fraction of sp³-hybridized carbons (Fsp3) is 0.357. The molecule has 3 N–H and O–H groups in total. The molecule has 6 nitrogen and oxygen atoms in total. The lowest BCUT2D eigenvalue weighted by Crippen LogP contribution is -2.39. The quantitative estimate of drug-likeness (QED) is 0.889. The van der Waals surface area contributed by atoms with Crippen molar-refractivity contribution >= 4 is 39.1 Å². The van der Waals surface area contributed by atoms with Gasteiger partial charge in [-0.25, -0.2) is 4.98 Å². The number of rotatable bonds is 4. The Morgan fingerprint density at radius 2 is 2.29 bits per heavy atom. The molecule has 1 aliphatic carbocycles. The molecule has 0 aromatic carbocycles. The van der Waals surface area contributed by atoms with E-state index in [1.165, 1.54) is 16.2 Å². The Kier molecular flexibility index (Phi) is 3.50. The van der Waals surface area contributed by atoms with E-state index in [9.17, 15) is 9.59 Å². The smallest absolute Gasteiger partial charge is 0.266 e. The molecule has 2 aromatic rings. The maximum Gasteiger partial charge on any atom is 0.266 e. The minimum Gasteiger partial charge on any atom is -0.397 e. The zero-order chi connectivity index (χ0) is 15.0. The van der Waals surface area contributed by atoms with E-state index in [1.807, 2.05) is 6.07 Å². The SMILES string of the molecule is CN(CC(=O)NC1CC1)C(=O)c1sc2ncccc2c1N. The van der Waals surface area contributed by atoms with Gasteiger partial charge in [0.25, 0.3) is 5.91 Å². The maximum absolute atomic E-state index is 12.4. The lowest BCUT2D eigenvalue weighted by atomic mass is 10.2. The van der Waals surface area contributed by atoms with E-state index < -0.39 is 0 Å². The number of hydrogen-bond donors (Lipinski definition) is 2. The molecule has 1 saturated carbocycles. The number of nitrogens with one attached hydrogen (secondary N) is 1. The summed E-state index contributed by atoms with van der Waals surface area (Å²) in [6.45, 7) is 0.0381.